The second-order valence-electron chi connectivity index (χ2n) is 8.24. The van der Waals surface area contributed by atoms with Gasteiger partial charge in [0, 0.05) is 25.8 Å². The molecule has 3 aromatic heterocycles. The van der Waals surface area contributed by atoms with Crippen molar-refractivity contribution in [2.24, 2.45) is 11.8 Å². The highest BCUT2D eigenvalue weighted by Gasteiger charge is 2.29. The van der Waals surface area contributed by atoms with Gasteiger partial charge in [0.15, 0.2) is 5.58 Å². The lowest BCUT2D eigenvalue weighted by Gasteiger charge is -2.36. The summed E-state index contributed by atoms with van der Waals surface area (Å²) in [6.45, 7) is 9.25. The molecule has 150 valence electrons. The number of aromatic amines is 1. The fourth-order valence-corrected chi connectivity index (χ4v) is 4.33. The maximum absolute atomic E-state index is 6.16. The normalized spacial score (nSPS) is 19.9. The fraction of sp³-hybridized carbons (Fsp3) is 0.409. The zero-order chi connectivity index (χ0) is 20.0. The Bertz CT molecular complexity index is 1160. The molecule has 0 aliphatic carbocycles. The predicted octanol–water partition coefficient (Wildman–Crippen LogP) is 4.29. The molecule has 0 spiro atoms. The maximum Gasteiger partial charge on any atom is 0.298 e. The van der Waals surface area contributed by atoms with Gasteiger partial charge in [-0.2, -0.15) is 4.98 Å². The third kappa shape index (κ3) is 3.30. The summed E-state index contributed by atoms with van der Waals surface area (Å²) in [5.74, 6) is 1.98. The number of aryl methyl sites for hydroxylation is 2. The number of oxazole rings is 1. The first kappa shape index (κ1) is 18.0. The predicted molar refractivity (Wildman–Crippen MR) is 115 cm³/mol. The molecule has 4 heterocycles. The highest BCUT2D eigenvalue weighted by Crippen LogP contribution is 2.31. The number of nitrogens with zero attached hydrogens (tertiary/aromatic N) is 4. The van der Waals surface area contributed by atoms with Crippen LogP contribution in [0.4, 0.5) is 11.8 Å². The standard InChI is InChI=1S/C22H26N6O/c1-13-8-15(3)19-18(9-13)27-22(29-19)28-7-5-14(2)16(11-28)10-24-21-17-4-6-23-20(17)25-12-26-21/h4,6,8-9,12,14,16H,5,7,10-11H2,1-3H3,(H2,23,24,25,26). The molecule has 2 N–H and O–H groups in total. The number of H-pyrrole nitrogens is 1. The molecule has 7 nitrogen and oxygen atoms in total. The minimum atomic E-state index is 0.477. The Labute approximate surface area is 169 Å². The van der Waals surface area contributed by atoms with E-state index < -0.39 is 0 Å². The number of hydrogen-bond acceptors (Lipinski definition) is 6. The lowest BCUT2D eigenvalue weighted by atomic mass is 9.87. The molecule has 1 aliphatic heterocycles. The fourth-order valence-electron chi connectivity index (χ4n) is 4.33. The molecule has 29 heavy (non-hydrogen) atoms. The summed E-state index contributed by atoms with van der Waals surface area (Å²) in [7, 11) is 0. The van der Waals surface area contributed by atoms with E-state index in [4.69, 9.17) is 9.40 Å². The van der Waals surface area contributed by atoms with Crippen LogP contribution in [-0.2, 0) is 0 Å². The van der Waals surface area contributed by atoms with Crippen LogP contribution in [0.1, 0.15) is 24.5 Å². The Morgan fingerprint density at radius 2 is 2.17 bits per heavy atom. The van der Waals surface area contributed by atoms with Gasteiger partial charge in [0.2, 0.25) is 0 Å². The van der Waals surface area contributed by atoms with Gasteiger partial charge in [0.1, 0.15) is 23.3 Å². The smallest absolute Gasteiger partial charge is 0.298 e. The SMILES string of the molecule is Cc1cc(C)c2oc(N3CCC(C)C(CNc4ncnc5[nH]ccc45)C3)nc2c1. The zero-order valence-electron chi connectivity index (χ0n) is 17.1. The molecule has 2 atom stereocenters. The molecule has 1 aliphatic rings. The number of benzene rings is 1. The molecule has 0 radical (unpaired) electrons. The van der Waals surface area contributed by atoms with Crippen LogP contribution in [0.5, 0.6) is 0 Å². The van der Waals surface area contributed by atoms with Crippen LogP contribution in [0, 0.1) is 25.7 Å². The number of piperidine rings is 1. The number of nitrogens with one attached hydrogen (secondary N) is 2. The highest BCUT2D eigenvalue weighted by molar-refractivity contribution is 5.86. The van der Waals surface area contributed by atoms with Gasteiger partial charge >= 0.3 is 0 Å². The van der Waals surface area contributed by atoms with Gasteiger partial charge in [-0.05, 0) is 55.4 Å². The van der Waals surface area contributed by atoms with Crippen LogP contribution in [0.3, 0.4) is 0 Å². The summed E-state index contributed by atoms with van der Waals surface area (Å²) in [6, 6.07) is 6.99. The van der Waals surface area contributed by atoms with Gasteiger partial charge < -0.3 is 19.6 Å². The van der Waals surface area contributed by atoms with Crippen molar-refractivity contribution in [3.8, 4) is 0 Å². The van der Waals surface area contributed by atoms with Crippen molar-refractivity contribution in [3.63, 3.8) is 0 Å². The Morgan fingerprint density at radius 1 is 1.28 bits per heavy atom. The van der Waals surface area contributed by atoms with Crippen molar-refractivity contribution in [2.45, 2.75) is 27.2 Å². The van der Waals surface area contributed by atoms with E-state index in [0.717, 1.165) is 65.6 Å². The van der Waals surface area contributed by atoms with Crippen LogP contribution >= 0.6 is 0 Å². The Morgan fingerprint density at radius 3 is 3.07 bits per heavy atom. The lowest BCUT2D eigenvalue weighted by Crippen LogP contribution is -2.42. The summed E-state index contributed by atoms with van der Waals surface area (Å²) < 4.78 is 6.16. The van der Waals surface area contributed by atoms with Crippen LogP contribution in [0.2, 0.25) is 0 Å². The van der Waals surface area contributed by atoms with Crippen molar-refractivity contribution < 1.29 is 4.42 Å². The molecular weight excluding hydrogens is 364 g/mol. The molecule has 1 fully saturated rings. The molecule has 1 aromatic carbocycles. The molecule has 7 heteroatoms. The van der Waals surface area contributed by atoms with E-state index in [-0.39, 0.29) is 0 Å². The van der Waals surface area contributed by atoms with Crippen molar-refractivity contribution in [2.75, 3.05) is 29.9 Å². The van der Waals surface area contributed by atoms with Gasteiger partial charge in [0.05, 0.1) is 5.39 Å². The Kier molecular flexibility index (Phi) is 4.38. The molecule has 0 saturated carbocycles. The first-order valence-electron chi connectivity index (χ1n) is 10.2. The van der Waals surface area contributed by atoms with E-state index in [0.29, 0.717) is 11.8 Å². The highest BCUT2D eigenvalue weighted by atomic mass is 16.4. The minimum Gasteiger partial charge on any atom is -0.423 e. The Hall–Kier alpha value is -3.09. The minimum absolute atomic E-state index is 0.477. The number of rotatable bonds is 4. The summed E-state index contributed by atoms with van der Waals surface area (Å²) in [5.41, 5.74) is 5.06. The van der Waals surface area contributed by atoms with Gasteiger partial charge in [0.25, 0.3) is 6.01 Å². The van der Waals surface area contributed by atoms with Crippen molar-refractivity contribution >= 4 is 34.0 Å². The van der Waals surface area contributed by atoms with Gasteiger partial charge in [-0.1, -0.05) is 13.0 Å². The Balaban J connectivity index is 1.34. The lowest BCUT2D eigenvalue weighted by molar-refractivity contribution is 0.305. The van der Waals surface area contributed by atoms with Gasteiger partial charge in [-0.25, -0.2) is 9.97 Å². The van der Waals surface area contributed by atoms with Crippen molar-refractivity contribution in [3.05, 3.63) is 41.9 Å². The largest absolute Gasteiger partial charge is 0.423 e. The van der Waals surface area contributed by atoms with E-state index in [1.807, 2.05) is 12.3 Å². The van der Waals surface area contributed by atoms with E-state index in [9.17, 15) is 0 Å². The zero-order valence-corrected chi connectivity index (χ0v) is 17.1. The third-order valence-electron chi connectivity index (χ3n) is 6.08. The summed E-state index contributed by atoms with van der Waals surface area (Å²) in [6.07, 6.45) is 4.61. The third-order valence-corrected chi connectivity index (χ3v) is 6.08. The second kappa shape index (κ2) is 7.06. The molecular formula is C22H26N6O. The van der Waals surface area contributed by atoms with Crippen LogP contribution in [0.15, 0.2) is 35.1 Å². The second-order valence-corrected chi connectivity index (χ2v) is 8.24. The maximum atomic E-state index is 6.16. The van der Waals surface area contributed by atoms with E-state index in [1.54, 1.807) is 6.33 Å². The quantitative estimate of drug-likeness (QED) is 0.541. The number of fused-ring (bicyclic) bond motifs is 2. The average molecular weight is 390 g/mol. The van der Waals surface area contributed by atoms with Gasteiger partial charge in [-0.15, -0.1) is 0 Å². The molecule has 5 rings (SSSR count). The van der Waals surface area contributed by atoms with Crippen molar-refractivity contribution in [1.29, 1.82) is 0 Å². The van der Waals surface area contributed by atoms with E-state index in [1.165, 1.54) is 5.56 Å². The average Bonchev–Trinajstić information content (AvgIpc) is 3.34. The molecule has 0 bridgehead atoms. The van der Waals surface area contributed by atoms with E-state index in [2.05, 4.69) is 58.1 Å². The van der Waals surface area contributed by atoms with Crippen LogP contribution < -0.4 is 10.2 Å². The molecule has 2 unspecified atom stereocenters. The monoisotopic (exact) mass is 390 g/mol. The van der Waals surface area contributed by atoms with Crippen LogP contribution in [-0.4, -0.2) is 39.6 Å². The van der Waals surface area contributed by atoms with E-state index >= 15 is 0 Å². The molecule has 1 saturated heterocycles. The molecule has 0 amide bonds. The van der Waals surface area contributed by atoms with Crippen LogP contribution in [0.25, 0.3) is 22.1 Å². The van der Waals surface area contributed by atoms with Crippen molar-refractivity contribution in [1.82, 2.24) is 19.9 Å². The summed E-state index contributed by atoms with van der Waals surface area (Å²) in [4.78, 5) is 18.9. The van der Waals surface area contributed by atoms with Gasteiger partial charge in [-0.3, -0.25) is 0 Å². The number of hydrogen-bond donors (Lipinski definition) is 2. The topological polar surface area (TPSA) is 82.9 Å². The number of anilines is 2. The first-order chi connectivity index (χ1) is 14.1. The summed E-state index contributed by atoms with van der Waals surface area (Å²) in [5, 5.41) is 4.57. The first-order valence-corrected chi connectivity index (χ1v) is 10.2. The number of aromatic nitrogens is 4. The molecule has 4 aromatic rings. The summed E-state index contributed by atoms with van der Waals surface area (Å²) >= 11 is 0.